The van der Waals surface area contributed by atoms with E-state index in [1.165, 1.54) is 49.0 Å². The topological polar surface area (TPSA) is 132 Å². The van der Waals surface area contributed by atoms with Crippen LogP contribution in [0.5, 0.6) is 0 Å². The summed E-state index contributed by atoms with van der Waals surface area (Å²) in [6.45, 7) is 3.08. The molecular formula is C22H21Cl2F3N6O3S. The van der Waals surface area contributed by atoms with Crippen molar-refractivity contribution >= 4 is 55.8 Å². The number of nitrogens with one attached hydrogen (secondary N) is 2. The summed E-state index contributed by atoms with van der Waals surface area (Å²) < 4.78 is 52.8. The number of alkyl halides is 3. The van der Waals surface area contributed by atoms with E-state index >= 15 is 0 Å². The third-order valence-electron chi connectivity index (χ3n) is 4.79. The molecule has 37 heavy (non-hydrogen) atoms. The van der Waals surface area contributed by atoms with Crippen molar-refractivity contribution in [2.45, 2.75) is 26.1 Å². The minimum Gasteiger partial charge on any atom is -0.345 e. The maximum absolute atomic E-state index is 13.4. The van der Waals surface area contributed by atoms with Crippen LogP contribution in [0.15, 0.2) is 36.5 Å². The van der Waals surface area contributed by atoms with Crippen molar-refractivity contribution in [3.05, 3.63) is 69.1 Å². The molecule has 0 saturated heterocycles. The van der Waals surface area contributed by atoms with Gasteiger partial charge in [-0.2, -0.15) is 18.3 Å². The molecule has 15 heteroatoms. The summed E-state index contributed by atoms with van der Waals surface area (Å²) in [4.78, 5) is 30.2. The van der Waals surface area contributed by atoms with Crippen LogP contribution in [0.25, 0.3) is 5.82 Å². The van der Waals surface area contributed by atoms with E-state index in [1.54, 1.807) is 6.92 Å². The van der Waals surface area contributed by atoms with E-state index < -0.39 is 45.1 Å². The summed E-state index contributed by atoms with van der Waals surface area (Å²) in [6, 6.07) is 5.38. The van der Waals surface area contributed by atoms with Crippen LogP contribution in [0.4, 0.5) is 18.9 Å². The number of amides is 2. The second-order valence-corrected chi connectivity index (χ2v) is 11.1. The number of carbonyl (C=O) groups is 2. The predicted octanol–water partition coefficient (Wildman–Crippen LogP) is 3.86. The van der Waals surface area contributed by atoms with Gasteiger partial charge in [-0.05, 0) is 43.7 Å². The summed E-state index contributed by atoms with van der Waals surface area (Å²) in [5.41, 5.74) is -1.64. The maximum atomic E-state index is 13.4. The largest absolute Gasteiger partial charge is 0.435 e. The molecular weight excluding hydrogens is 556 g/mol. The summed E-state index contributed by atoms with van der Waals surface area (Å²) in [5, 5.41) is 15.4. The average Bonchev–Trinajstić information content (AvgIpc) is 3.20. The van der Waals surface area contributed by atoms with Crippen LogP contribution < -0.4 is 15.8 Å². The van der Waals surface area contributed by atoms with Gasteiger partial charge in [-0.3, -0.25) is 18.9 Å². The number of anilines is 1. The van der Waals surface area contributed by atoms with Gasteiger partial charge < -0.3 is 10.6 Å². The number of hydrogen-bond donors (Lipinski definition) is 3. The number of pyridine rings is 1. The molecule has 3 aromatic rings. The molecule has 198 valence electrons. The second-order valence-electron chi connectivity index (χ2n) is 8.10. The summed E-state index contributed by atoms with van der Waals surface area (Å²) in [7, 11) is -2.78. The highest BCUT2D eigenvalue weighted by Gasteiger charge is 2.37. The first-order valence-corrected chi connectivity index (χ1v) is 13.2. The number of rotatable bonds is 6. The lowest BCUT2D eigenvalue weighted by atomic mass is 10.1. The van der Waals surface area contributed by atoms with E-state index in [4.69, 9.17) is 28.3 Å². The summed E-state index contributed by atoms with van der Waals surface area (Å²) in [5.74, 6) is -1.93. The third-order valence-corrected chi connectivity index (χ3v) is 6.25. The zero-order valence-corrected chi connectivity index (χ0v) is 21.9. The Balaban J connectivity index is 2.06. The van der Waals surface area contributed by atoms with Crippen LogP contribution in [0.1, 0.15) is 39.0 Å². The number of hydrogen-bond acceptors (Lipinski definition) is 5. The van der Waals surface area contributed by atoms with Crippen molar-refractivity contribution in [2.75, 3.05) is 11.6 Å². The fourth-order valence-corrected chi connectivity index (χ4v) is 4.72. The molecule has 0 aliphatic carbocycles. The van der Waals surface area contributed by atoms with Gasteiger partial charge in [0.1, 0.15) is 5.69 Å². The molecule has 0 bridgehead atoms. The highest BCUT2D eigenvalue weighted by molar-refractivity contribution is 7.98. The Hall–Kier alpha value is -3.13. The molecule has 0 aliphatic rings. The molecule has 9 nitrogen and oxygen atoms in total. The van der Waals surface area contributed by atoms with Gasteiger partial charge >= 0.3 is 6.18 Å². The van der Waals surface area contributed by atoms with Crippen LogP contribution in [-0.2, 0) is 15.9 Å². The van der Waals surface area contributed by atoms with Crippen molar-refractivity contribution in [3.63, 3.8) is 0 Å². The first kappa shape index (κ1) is 28.4. The normalized spacial score (nSPS) is 14.0. The van der Waals surface area contributed by atoms with Crippen molar-refractivity contribution in [1.82, 2.24) is 20.1 Å². The molecule has 2 aromatic heterocycles. The lowest BCUT2D eigenvalue weighted by Gasteiger charge is -2.17. The number of nitrogens with two attached hydrogens (primary N) is 1. The molecule has 0 radical (unpaired) electrons. The lowest BCUT2D eigenvalue weighted by molar-refractivity contribution is -0.141. The minimum absolute atomic E-state index is 0.0162. The van der Waals surface area contributed by atoms with Gasteiger partial charge in [0.15, 0.2) is 11.5 Å². The molecule has 0 aliphatic heterocycles. The number of aryl methyl sites for hydroxylation is 1. The third kappa shape index (κ3) is 7.01. The quantitative estimate of drug-likeness (QED) is 0.383. The van der Waals surface area contributed by atoms with Crippen LogP contribution in [-0.4, -0.2) is 48.5 Å². The fourth-order valence-electron chi connectivity index (χ4n) is 3.37. The van der Waals surface area contributed by atoms with Gasteiger partial charge in [0.25, 0.3) is 11.8 Å². The second kappa shape index (κ2) is 10.7. The maximum Gasteiger partial charge on any atom is 0.435 e. The molecule has 0 fully saturated rings. The summed E-state index contributed by atoms with van der Waals surface area (Å²) in [6.07, 6.45) is -2.30. The number of halogens is 5. The first-order valence-electron chi connectivity index (χ1n) is 10.4. The van der Waals surface area contributed by atoms with Crippen molar-refractivity contribution in [2.24, 2.45) is 5.14 Å². The SMILES string of the molecule is Cc1cc(Cl)cc(C(=O)NC(C)C=S(C)(N)=O)c1NC(=O)c1cc(C(F)(F)F)nn1-c1ncccc1Cl. The fraction of sp³-hybridized carbons (Fsp3) is 0.227. The van der Waals surface area contributed by atoms with E-state index in [0.717, 1.165) is 0 Å². The van der Waals surface area contributed by atoms with Gasteiger partial charge in [-0.1, -0.05) is 23.2 Å². The van der Waals surface area contributed by atoms with Crippen LogP contribution in [0, 0.1) is 6.92 Å². The van der Waals surface area contributed by atoms with Gasteiger partial charge in [0, 0.05) is 38.6 Å². The Labute approximate surface area is 220 Å². The van der Waals surface area contributed by atoms with Gasteiger partial charge in [-0.25, -0.2) is 9.67 Å². The molecule has 2 atom stereocenters. The number of aromatic nitrogens is 3. The van der Waals surface area contributed by atoms with E-state index in [-0.39, 0.29) is 27.1 Å². The molecule has 0 spiro atoms. The Morgan fingerprint density at radius 3 is 2.49 bits per heavy atom. The standard InChI is InChI=1S/C22H21Cl2F3N6O3S/c1-11-7-13(23)8-14(20(34)30-12(2)10-37(3,28)36)18(11)31-21(35)16-9-17(22(25,26)27)32-33(16)19-15(24)5-4-6-29-19/h4-10,12H,1-3H3,(H2,28,36)(H,30,34)(H,31,35). The average molecular weight is 577 g/mol. The monoisotopic (exact) mass is 576 g/mol. The van der Waals surface area contributed by atoms with E-state index in [2.05, 4.69) is 20.7 Å². The highest BCUT2D eigenvalue weighted by Crippen LogP contribution is 2.31. The molecule has 2 heterocycles. The Bertz CT molecular complexity index is 1490. The van der Waals surface area contributed by atoms with Crippen LogP contribution >= 0.6 is 23.2 Å². The zero-order valence-electron chi connectivity index (χ0n) is 19.6. The summed E-state index contributed by atoms with van der Waals surface area (Å²) >= 11 is 12.2. The van der Waals surface area contributed by atoms with Crippen molar-refractivity contribution in [3.8, 4) is 5.82 Å². The number of carbonyl (C=O) groups excluding carboxylic acids is 2. The number of benzene rings is 1. The Morgan fingerprint density at radius 1 is 1.22 bits per heavy atom. The Kier molecular flexibility index (Phi) is 8.22. The van der Waals surface area contributed by atoms with Crippen molar-refractivity contribution in [1.29, 1.82) is 0 Å². The van der Waals surface area contributed by atoms with Gasteiger partial charge in [-0.15, -0.1) is 0 Å². The van der Waals surface area contributed by atoms with Gasteiger partial charge in [0.2, 0.25) is 0 Å². The molecule has 2 amide bonds. The first-order chi connectivity index (χ1) is 17.1. The number of nitrogens with zero attached hydrogens (tertiary/aromatic N) is 3. The molecule has 2 unspecified atom stereocenters. The van der Waals surface area contributed by atoms with Gasteiger partial charge in [0.05, 0.1) is 22.3 Å². The molecule has 3 rings (SSSR count). The van der Waals surface area contributed by atoms with E-state index in [1.807, 2.05) is 0 Å². The predicted molar refractivity (Wildman–Crippen MR) is 137 cm³/mol. The smallest absolute Gasteiger partial charge is 0.345 e. The van der Waals surface area contributed by atoms with Crippen LogP contribution in [0.2, 0.25) is 10.0 Å². The lowest BCUT2D eigenvalue weighted by Crippen LogP contribution is -2.37. The minimum atomic E-state index is -4.86. The Morgan fingerprint density at radius 2 is 1.89 bits per heavy atom. The molecule has 1 aromatic carbocycles. The highest BCUT2D eigenvalue weighted by atomic mass is 35.5. The van der Waals surface area contributed by atoms with E-state index in [0.29, 0.717) is 16.3 Å². The van der Waals surface area contributed by atoms with E-state index in [9.17, 15) is 27.0 Å². The molecule has 0 saturated carbocycles. The molecule has 4 N–H and O–H groups in total. The zero-order chi connectivity index (χ0) is 27.7. The van der Waals surface area contributed by atoms with Crippen LogP contribution in [0.3, 0.4) is 0 Å². The van der Waals surface area contributed by atoms with Crippen molar-refractivity contribution < 1.29 is 27.0 Å².